The summed E-state index contributed by atoms with van der Waals surface area (Å²) in [5.74, 6) is 0. The van der Waals surface area contributed by atoms with Crippen molar-refractivity contribution >= 4 is 42.9 Å². The van der Waals surface area contributed by atoms with E-state index in [2.05, 4.69) is 0 Å². The number of hydrogen-bond acceptors (Lipinski definition) is 2. The van der Waals surface area contributed by atoms with Crippen LogP contribution in [0.1, 0.15) is 5.56 Å². The molecule has 1 aromatic rings. The molecule has 0 radical (unpaired) electrons. The van der Waals surface area contributed by atoms with E-state index in [1.807, 2.05) is 0 Å². The van der Waals surface area contributed by atoms with Crippen LogP contribution < -0.4 is 0 Å². The lowest BCUT2D eigenvalue weighted by atomic mass is 10.2. The minimum atomic E-state index is -3.88. The molecule has 0 aliphatic carbocycles. The predicted molar refractivity (Wildman–Crippen MR) is 54.2 cm³/mol. The lowest BCUT2D eigenvalue weighted by Gasteiger charge is -2.04. The molecule has 1 rings (SSSR count). The second-order valence-electron chi connectivity index (χ2n) is 2.45. The van der Waals surface area contributed by atoms with Crippen LogP contribution in [-0.2, 0) is 9.05 Å². The van der Waals surface area contributed by atoms with E-state index in [1.165, 1.54) is 6.07 Å². The lowest BCUT2D eigenvalue weighted by Crippen LogP contribution is -1.94. The highest BCUT2D eigenvalue weighted by Gasteiger charge is 2.20. The normalized spacial score (nSPS) is 11.7. The third kappa shape index (κ3) is 2.29. The largest absolute Gasteiger partial charge is 0.264 e. The average Bonchev–Trinajstić information content (AvgIpc) is 1.95. The van der Waals surface area contributed by atoms with Crippen LogP contribution in [0.3, 0.4) is 0 Å². The maximum atomic E-state index is 11.0. The van der Waals surface area contributed by atoms with Gasteiger partial charge in [-0.1, -0.05) is 29.3 Å². The van der Waals surface area contributed by atoms with Gasteiger partial charge in [-0.15, -0.1) is 0 Å². The SMILES string of the molecule is Cc1ccc(Cl)c(S(=O)(=O)Cl)c1Cl. The molecule has 0 aliphatic rings. The van der Waals surface area contributed by atoms with Crippen LogP contribution in [0.5, 0.6) is 0 Å². The summed E-state index contributed by atoms with van der Waals surface area (Å²) < 4.78 is 22.0. The van der Waals surface area contributed by atoms with Crippen molar-refractivity contribution in [2.24, 2.45) is 0 Å². The number of halogens is 3. The van der Waals surface area contributed by atoms with Crippen molar-refractivity contribution in [1.29, 1.82) is 0 Å². The molecule has 0 N–H and O–H groups in total. The van der Waals surface area contributed by atoms with Crippen molar-refractivity contribution in [2.75, 3.05) is 0 Å². The lowest BCUT2D eigenvalue weighted by molar-refractivity contribution is 0.609. The fourth-order valence-electron chi connectivity index (χ4n) is 0.854. The van der Waals surface area contributed by atoms with Crippen molar-refractivity contribution in [2.45, 2.75) is 11.8 Å². The van der Waals surface area contributed by atoms with Gasteiger partial charge in [-0.2, -0.15) is 0 Å². The van der Waals surface area contributed by atoms with Gasteiger partial charge in [-0.25, -0.2) is 8.42 Å². The maximum Gasteiger partial charge on any atom is 0.264 e. The van der Waals surface area contributed by atoms with Crippen LogP contribution in [-0.4, -0.2) is 8.42 Å². The monoisotopic (exact) mass is 258 g/mol. The molecule has 1 aromatic carbocycles. The van der Waals surface area contributed by atoms with Crippen molar-refractivity contribution in [1.82, 2.24) is 0 Å². The van der Waals surface area contributed by atoms with E-state index in [0.717, 1.165) is 0 Å². The highest BCUT2D eigenvalue weighted by Crippen LogP contribution is 2.33. The van der Waals surface area contributed by atoms with Gasteiger partial charge in [0.2, 0.25) is 0 Å². The van der Waals surface area contributed by atoms with E-state index in [9.17, 15) is 8.42 Å². The summed E-state index contributed by atoms with van der Waals surface area (Å²) in [4.78, 5) is -0.225. The molecule has 0 atom stereocenters. The van der Waals surface area contributed by atoms with Gasteiger partial charge in [-0.05, 0) is 18.6 Å². The molecule has 0 spiro atoms. The highest BCUT2D eigenvalue weighted by molar-refractivity contribution is 8.14. The topological polar surface area (TPSA) is 34.1 Å². The number of benzene rings is 1. The predicted octanol–water partition coefficient (Wildman–Crippen LogP) is 3.23. The third-order valence-electron chi connectivity index (χ3n) is 1.49. The van der Waals surface area contributed by atoms with Crippen molar-refractivity contribution in [3.63, 3.8) is 0 Å². The zero-order valence-electron chi connectivity index (χ0n) is 6.51. The minimum absolute atomic E-state index is 0.0330. The van der Waals surface area contributed by atoms with Crippen molar-refractivity contribution < 1.29 is 8.42 Å². The van der Waals surface area contributed by atoms with Gasteiger partial charge < -0.3 is 0 Å². The summed E-state index contributed by atoms with van der Waals surface area (Å²) in [6.45, 7) is 1.67. The van der Waals surface area contributed by atoms with Gasteiger partial charge >= 0.3 is 0 Å². The van der Waals surface area contributed by atoms with Gasteiger partial charge in [0.1, 0.15) is 4.90 Å². The zero-order chi connectivity index (χ0) is 10.2. The Morgan fingerprint density at radius 2 is 1.77 bits per heavy atom. The summed E-state index contributed by atoms with van der Waals surface area (Å²) in [6.07, 6.45) is 0. The van der Waals surface area contributed by atoms with Crippen molar-refractivity contribution in [3.8, 4) is 0 Å². The van der Waals surface area contributed by atoms with Crippen LogP contribution in [0, 0.1) is 6.92 Å². The Kier molecular flexibility index (Phi) is 3.12. The van der Waals surface area contributed by atoms with E-state index in [4.69, 9.17) is 33.9 Å². The van der Waals surface area contributed by atoms with E-state index in [1.54, 1.807) is 13.0 Å². The molecule has 0 aliphatic heterocycles. The molecule has 2 nitrogen and oxygen atoms in total. The first-order valence-corrected chi connectivity index (χ1v) is 6.30. The van der Waals surface area contributed by atoms with Crippen molar-refractivity contribution in [3.05, 3.63) is 27.7 Å². The smallest absolute Gasteiger partial charge is 0.207 e. The number of rotatable bonds is 1. The Morgan fingerprint density at radius 1 is 1.23 bits per heavy atom. The quantitative estimate of drug-likeness (QED) is 0.726. The fourth-order valence-corrected chi connectivity index (χ4v) is 3.23. The molecular weight excluding hydrogens is 255 g/mol. The molecule has 0 amide bonds. The average molecular weight is 260 g/mol. The summed E-state index contributed by atoms with van der Waals surface area (Å²) in [5, 5.41) is 0.105. The van der Waals surface area contributed by atoms with Gasteiger partial charge in [0, 0.05) is 10.7 Å². The van der Waals surface area contributed by atoms with Crippen LogP contribution in [0.15, 0.2) is 17.0 Å². The van der Waals surface area contributed by atoms with Crippen LogP contribution in [0.25, 0.3) is 0 Å². The molecule has 72 valence electrons. The summed E-state index contributed by atoms with van der Waals surface area (Å²) in [7, 11) is 1.27. The molecule has 13 heavy (non-hydrogen) atoms. The molecule has 0 bridgehead atoms. The van der Waals surface area contributed by atoms with Gasteiger partial charge in [0.25, 0.3) is 9.05 Å². The van der Waals surface area contributed by atoms with Gasteiger partial charge in [-0.3, -0.25) is 0 Å². The summed E-state index contributed by atoms with van der Waals surface area (Å²) >= 11 is 11.4. The summed E-state index contributed by atoms with van der Waals surface area (Å²) in [6, 6.07) is 3.06. The second kappa shape index (κ2) is 3.65. The van der Waals surface area contributed by atoms with E-state index >= 15 is 0 Å². The molecule has 0 saturated heterocycles. The molecule has 6 heteroatoms. The van der Waals surface area contributed by atoms with Gasteiger partial charge in [0.15, 0.2) is 0 Å². The molecule has 0 heterocycles. The Morgan fingerprint density at radius 3 is 2.15 bits per heavy atom. The zero-order valence-corrected chi connectivity index (χ0v) is 9.60. The van der Waals surface area contributed by atoms with E-state index < -0.39 is 9.05 Å². The summed E-state index contributed by atoms with van der Waals surface area (Å²) in [5.41, 5.74) is 0.616. The molecule has 0 unspecified atom stereocenters. The first kappa shape index (κ1) is 11.1. The van der Waals surface area contributed by atoms with Crippen LogP contribution in [0.2, 0.25) is 10.0 Å². The Bertz CT molecular complexity index is 439. The Hall–Kier alpha value is 0.0400. The van der Waals surface area contributed by atoms with Crippen LogP contribution in [0.4, 0.5) is 0 Å². The Labute approximate surface area is 90.8 Å². The first-order valence-electron chi connectivity index (χ1n) is 3.23. The van der Waals surface area contributed by atoms with Gasteiger partial charge in [0.05, 0.1) is 10.0 Å². The number of hydrogen-bond donors (Lipinski definition) is 0. The highest BCUT2D eigenvalue weighted by atomic mass is 35.7. The molecule has 0 fully saturated rings. The fraction of sp³-hybridized carbons (Fsp3) is 0.143. The van der Waals surface area contributed by atoms with Crippen LogP contribution >= 0.6 is 33.9 Å². The maximum absolute atomic E-state index is 11.0. The molecule has 0 saturated carbocycles. The molecule has 0 aromatic heterocycles. The number of aryl methyl sites for hydroxylation is 1. The first-order chi connectivity index (χ1) is 5.84. The molecular formula is C7H5Cl3O2S. The van der Waals surface area contributed by atoms with E-state index in [0.29, 0.717) is 5.56 Å². The Balaban J connectivity index is 3.62. The minimum Gasteiger partial charge on any atom is -0.207 e. The van der Waals surface area contributed by atoms with E-state index in [-0.39, 0.29) is 14.9 Å². The third-order valence-corrected chi connectivity index (χ3v) is 3.89. The standard InChI is InChI=1S/C7H5Cl3O2S/c1-4-2-3-5(8)7(6(4)9)13(10,11)12/h2-3H,1H3. The second-order valence-corrected chi connectivity index (χ2v) is 5.73.